The molecular weight excluding hydrogens is 290 g/mol. The first-order chi connectivity index (χ1) is 10.8. The highest BCUT2D eigenvalue weighted by molar-refractivity contribution is 5.97. The minimum absolute atomic E-state index is 0.362. The molecule has 0 aliphatic heterocycles. The maximum Gasteiger partial charge on any atom is 0.355 e. The molecule has 0 atom stereocenters. The molecule has 4 heteroatoms. The van der Waals surface area contributed by atoms with Crippen LogP contribution >= 0.6 is 0 Å². The van der Waals surface area contributed by atoms with Crippen LogP contribution in [0.2, 0.25) is 0 Å². The van der Waals surface area contributed by atoms with Crippen LogP contribution < -0.4 is 0 Å². The van der Waals surface area contributed by atoms with E-state index in [-0.39, 0.29) is 0 Å². The van der Waals surface area contributed by atoms with Crippen molar-refractivity contribution in [2.45, 2.75) is 46.6 Å². The van der Waals surface area contributed by atoms with Crippen LogP contribution in [0.5, 0.6) is 0 Å². The Morgan fingerprint density at radius 1 is 1.30 bits per heavy atom. The summed E-state index contributed by atoms with van der Waals surface area (Å²) in [4.78, 5) is 26.9. The zero-order chi connectivity index (χ0) is 17.2. The monoisotopic (exact) mass is 313 g/mol. The van der Waals surface area contributed by atoms with Crippen LogP contribution in [0.3, 0.4) is 0 Å². The zero-order valence-corrected chi connectivity index (χ0v) is 14.3. The Morgan fingerprint density at radius 3 is 2.52 bits per heavy atom. The maximum absolute atomic E-state index is 12.5. The van der Waals surface area contributed by atoms with Gasteiger partial charge in [-0.3, -0.25) is 4.79 Å². The Kier molecular flexibility index (Phi) is 4.73. The van der Waals surface area contributed by atoms with Gasteiger partial charge in [0.25, 0.3) is 0 Å². The minimum atomic E-state index is -0.585. The van der Waals surface area contributed by atoms with E-state index in [0.717, 1.165) is 28.5 Å². The number of nitrogens with one attached hydrogen (secondary N) is 1. The molecule has 122 valence electrons. The lowest BCUT2D eigenvalue weighted by Gasteiger charge is -2.19. The van der Waals surface area contributed by atoms with Crippen LogP contribution in [-0.4, -0.2) is 22.8 Å². The summed E-state index contributed by atoms with van der Waals surface area (Å²) in [7, 11) is 0. The number of carbonyl (C=O) groups is 2. The van der Waals surface area contributed by atoms with Crippen LogP contribution in [0.25, 0.3) is 11.1 Å². The number of aldehydes is 1. The van der Waals surface area contributed by atoms with E-state index in [1.807, 2.05) is 58.9 Å². The van der Waals surface area contributed by atoms with E-state index in [9.17, 15) is 9.59 Å². The first-order valence-electron chi connectivity index (χ1n) is 7.77. The number of aromatic amines is 1. The van der Waals surface area contributed by atoms with E-state index in [1.165, 1.54) is 0 Å². The van der Waals surface area contributed by atoms with Gasteiger partial charge in [-0.25, -0.2) is 4.79 Å². The molecule has 4 nitrogen and oxygen atoms in total. The fraction of sp³-hybridized carbons (Fsp3) is 0.368. The van der Waals surface area contributed by atoms with E-state index >= 15 is 0 Å². The quantitative estimate of drug-likeness (QED) is 0.675. The second-order valence-electron chi connectivity index (χ2n) is 6.61. The summed E-state index contributed by atoms with van der Waals surface area (Å²) in [6.45, 7) is 9.42. The van der Waals surface area contributed by atoms with Crippen molar-refractivity contribution in [1.29, 1.82) is 0 Å². The molecule has 1 aromatic heterocycles. The minimum Gasteiger partial charge on any atom is -0.455 e. The molecule has 1 N–H and O–H groups in total. The van der Waals surface area contributed by atoms with Crippen molar-refractivity contribution >= 4 is 12.3 Å². The zero-order valence-electron chi connectivity index (χ0n) is 14.3. The fourth-order valence-electron chi connectivity index (χ4n) is 2.64. The van der Waals surface area contributed by atoms with E-state index in [1.54, 1.807) is 0 Å². The standard InChI is InChI=1S/C19H23NO3/c1-6-14-16(13-9-7-8-12(2)10-13)15(11-21)20-17(14)18(22)23-19(3,4)5/h7-11,20H,6H2,1-5H3. The molecule has 0 spiro atoms. The molecule has 0 saturated heterocycles. The van der Waals surface area contributed by atoms with Crippen molar-refractivity contribution < 1.29 is 14.3 Å². The molecule has 0 amide bonds. The van der Waals surface area contributed by atoms with Gasteiger partial charge in [0.15, 0.2) is 6.29 Å². The summed E-state index contributed by atoms with van der Waals surface area (Å²) < 4.78 is 5.45. The van der Waals surface area contributed by atoms with Crippen molar-refractivity contribution in [3.63, 3.8) is 0 Å². The van der Waals surface area contributed by atoms with E-state index in [2.05, 4.69) is 4.98 Å². The number of hydrogen-bond acceptors (Lipinski definition) is 3. The summed E-state index contributed by atoms with van der Waals surface area (Å²) in [6, 6.07) is 7.89. The molecule has 0 unspecified atom stereocenters. The summed E-state index contributed by atoms with van der Waals surface area (Å²) >= 11 is 0. The number of aromatic nitrogens is 1. The van der Waals surface area contributed by atoms with Gasteiger partial charge in [-0.1, -0.05) is 36.8 Å². The first-order valence-corrected chi connectivity index (χ1v) is 7.77. The summed E-state index contributed by atoms with van der Waals surface area (Å²) in [5.74, 6) is -0.434. The first kappa shape index (κ1) is 17.0. The van der Waals surface area contributed by atoms with Gasteiger partial charge >= 0.3 is 5.97 Å². The highest BCUT2D eigenvalue weighted by Crippen LogP contribution is 2.31. The van der Waals surface area contributed by atoms with Gasteiger partial charge in [0.2, 0.25) is 0 Å². The molecular formula is C19H23NO3. The lowest BCUT2D eigenvalue weighted by atomic mass is 9.97. The Balaban J connectivity index is 2.60. The number of rotatable bonds is 4. The van der Waals surface area contributed by atoms with Crippen molar-refractivity contribution in [2.24, 2.45) is 0 Å². The third-order valence-corrected chi connectivity index (χ3v) is 3.51. The lowest BCUT2D eigenvalue weighted by molar-refractivity contribution is 0.00624. The number of aryl methyl sites for hydroxylation is 1. The number of H-pyrrole nitrogens is 1. The highest BCUT2D eigenvalue weighted by atomic mass is 16.6. The topological polar surface area (TPSA) is 59.2 Å². The predicted molar refractivity (Wildman–Crippen MR) is 90.9 cm³/mol. The van der Waals surface area contributed by atoms with E-state index in [0.29, 0.717) is 17.8 Å². The third-order valence-electron chi connectivity index (χ3n) is 3.51. The second kappa shape index (κ2) is 6.41. The van der Waals surface area contributed by atoms with Crippen LogP contribution in [0, 0.1) is 6.92 Å². The molecule has 0 fully saturated rings. The molecule has 1 heterocycles. The van der Waals surface area contributed by atoms with Gasteiger partial charge < -0.3 is 9.72 Å². The predicted octanol–water partition coefficient (Wildman–Crippen LogP) is 4.32. The summed E-state index contributed by atoms with van der Waals surface area (Å²) in [5.41, 5.74) is 3.81. The Morgan fingerprint density at radius 2 is 2.00 bits per heavy atom. The van der Waals surface area contributed by atoms with Gasteiger partial charge in [0.05, 0.1) is 5.69 Å². The smallest absolute Gasteiger partial charge is 0.355 e. The maximum atomic E-state index is 12.5. The second-order valence-corrected chi connectivity index (χ2v) is 6.61. The fourth-order valence-corrected chi connectivity index (χ4v) is 2.64. The number of ether oxygens (including phenoxy) is 1. The number of hydrogen-bond donors (Lipinski definition) is 1. The van der Waals surface area contributed by atoms with Crippen molar-refractivity contribution in [1.82, 2.24) is 4.98 Å². The van der Waals surface area contributed by atoms with Gasteiger partial charge in [-0.15, -0.1) is 0 Å². The summed E-state index contributed by atoms with van der Waals surface area (Å²) in [5, 5.41) is 0. The molecule has 2 aromatic rings. The van der Waals surface area contributed by atoms with Gasteiger partial charge in [-0.2, -0.15) is 0 Å². The van der Waals surface area contributed by atoms with E-state index in [4.69, 9.17) is 4.74 Å². The van der Waals surface area contributed by atoms with Crippen molar-refractivity contribution in [3.05, 3.63) is 46.8 Å². The Bertz CT molecular complexity index is 736. The molecule has 0 radical (unpaired) electrons. The number of carbonyl (C=O) groups excluding carboxylic acids is 2. The van der Waals surface area contributed by atoms with Crippen LogP contribution in [0.15, 0.2) is 24.3 Å². The van der Waals surface area contributed by atoms with E-state index < -0.39 is 11.6 Å². The molecule has 0 saturated carbocycles. The average molecular weight is 313 g/mol. The van der Waals surface area contributed by atoms with Crippen LogP contribution in [0.1, 0.15) is 59.8 Å². The SMILES string of the molecule is CCc1c(C(=O)OC(C)(C)C)[nH]c(C=O)c1-c1cccc(C)c1. The third kappa shape index (κ3) is 3.70. The average Bonchev–Trinajstić information content (AvgIpc) is 2.84. The van der Waals surface area contributed by atoms with Crippen molar-refractivity contribution in [3.8, 4) is 11.1 Å². The number of esters is 1. The van der Waals surface area contributed by atoms with Crippen molar-refractivity contribution in [2.75, 3.05) is 0 Å². The number of benzene rings is 1. The normalized spacial score (nSPS) is 11.3. The molecule has 0 aliphatic rings. The highest BCUT2D eigenvalue weighted by Gasteiger charge is 2.26. The largest absolute Gasteiger partial charge is 0.455 e. The summed E-state index contributed by atoms with van der Waals surface area (Å²) in [6.07, 6.45) is 1.38. The van der Waals surface area contributed by atoms with Crippen LogP contribution in [-0.2, 0) is 11.2 Å². The Hall–Kier alpha value is -2.36. The molecule has 23 heavy (non-hydrogen) atoms. The van der Waals surface area contributed by atoms with Gasteiger partial charge in [0.1, 0.15) is 11.3 Å². The molecule has 2 rings (SSSR count). The molecule has 1 aromatic carbocycles. The van der Waals surface area contributed by atoms with Gasteiger partial charge in [-0.05, 0) is 45.2 Å². The molecule has 0 bridgehead atoms. The lowest BCUT2D eigenvalue weighted by Crippen LogP contribution is -2.24. The molecule has 0 aliphatic carbocycles. The van der Waals surface area contributed by atoms with Crippen LogP contribution in [0.4, 0.5) is 0 Å². The van der Waals surface area contributed by atoms with Gasteiger partial charge in [0, 0.05) is 5.56 Å². The Labute approximate surface area is 136 Å².